The molecule has 0 bridgehead atoms. The summed E-state index contributed by atoms with van der Waals surface area (Å²) in [6, 6.07) is 0. The van der Waals surface area contributed by atoms with Gasteiger partial charge in [0.1, 0.15) is 0 Å². The summed E-state index contributed by atoms with van der Waals surface area (Å²) in [4.78, 5) is 13.2. The molecule has 0 saturated heterocycles. The Labute approximate surface area is 132 Å². The van der Waals surface area contributed by atoms with Crippen LogP contribution in [0.3, 0.4) is 0 Å². The topological polar surface area (TPSA) is 65.3 Å². The molecule has 2 radical (unpaired) electrons. The van der Waals surface area contributed by atoms with Gasteiger partial charge < -0.3 is 0 Å². The number of halogens is 2. The molecule has 0 atom stereocenters. The van der Waals surface area contributed by atoms with E-state index in [9.17, 15) is 18.9 Å². The molecule has 1 rings (SSSR count). The van der Waals surface area contributed by atoms with Crippen molar-refractivity contribution in [2.75, 3.05) is 0 Å². The first-order valence-corrected chi connectivity index (χ1v) is 9.18. The van der Waals surface area contributed by atoms with Gasteiger partial charge in [-0.15, -0.1) is 0 Å². The first kappa shape index (κ1) is 18.1. The molecule has 1 aromatic heterocycles. The molecule has 0 unspecified atom stereocenters. The zero-order valence-corrected chi connectivity index (χ0v) is 15.7. The van der Waals surface area contributed by atoms with Crippen molar-refractivity contribution in [3.05, 3.63) is 22.0 Å². The SMILES string of the molecule is CC(C)(C)Oc1[c]([Sn][C](C)(C)C)c(F)nc(F)c1[N+](=O)[O-]. The van der Waals surface area contributed by atoms with E-state index in [1.807, 2.05) is 20.8 Å². The molecule has 0 fully saturated rings. The molecule has 0 aromatic carbocycles. The fourth-order valence-corrected chi connectivity index (χ4v) is 4.95. The van der Waals surface area contributed by atoms with Gasteiger partial charge in [0.2, 0.25) is 0 Å². The van der Waals surface area contributed by atoms with Crippen molar-refractivity contribution in [1.29, 1.82) is 0 Å². The van der Waals surface area contributed by atoms with Crippen LogP contribution in [-0.2, 0) is 0 Å². The van der Waals surface area contributed by atoms with Crippen LogP contribution in [0.4, 0.5) is 14.5 Å². The third-order valence-electron chi connectivity index (χ3n) is 2.13. The number of hydrogen-bond acceptors (Lipinski definition) is 4. The average Bonchev–Trinajstić information content (AvgIpc) is 2.19. The molecule has 1 heterocycles. The fourth-order valence-electron chi connectivity index (χ4n) is 1.55. The molecule has 1 aromatic rings. The van der Waals surface area contributed by atoms with Gasteiger partial charge in [-0.2, -0.15) is 0 Å². The summed E-state index contributed by atoms with van der Waals surface area (Å²) in [5.74, 6) is -2.76. The van der Waals surface area contributed by atoms with Crippen molar-refractivity contribution in [3.8, 4) is 5.75 Å². The molecule has 21 heavy (non-hydrogen) atoms. The van der Waals surface area contributed by atoms with Crippen molar-refractivity contribution in [1.82, 2.24) is 4.98 Å². The number of nitro groups is 1. The van der Waals surface area contributed by atoms with Gasteiger partial charge in [0.25, 0.3) is 0 Å². The Morgan fingerprint density at radius 1 is 1.14 bits per heavy atom. The zero-order chi connectivity index (χ0) is 16.6. The van der Waals surface area contributed by atoms with Gasteiger partial charge in [0, 0.05) is 0 Å². The Kier molecular flexibility index (Phi) is 5.17. The quantitative estimate of drug-likeness (QED) is 0.335. The summed E-state index contributed by atoms with van der Waals surface area (Å²) in [5.41, 5.74) is -1.69. The number of hydrogen-bond donors (Lipinski definition) is 0. The summed E-state index contributed by atoms with van der Waals surface area (Å²) < 4.78 is 33.1. The first-order chi connectivity index (χ1) is 9.32. The van der Waals surface area contributed by atoms with Gasteiger partial charge in [0.05, 0.1) is 0 Å². The van der Waals surface area contributed by atoms with Gasteiger partial charge in [-0.3, -0.25) is 0 Å². The Hall–Kier alpha value is -0.991. The predicted molar refractivity (Wildman–Crippen MR) is 76.3 cm³/mol. The van der Waals surface area contributed by atoms with E-state index in [0.717, 1.165) is 0 Å². The zero-order valence-electron chi connectivity index (χ0n) is 12.9. The standard InChI is InChI=1S/C9H9F2N2O3.C4H9.Sn/c1-9(2,3)16-5-4-6(10)12-8(11)7(5)13(14)15;1-4(2)3;/h1-3H3;1-3H3;. The fraction of sp³-hybridized carbons (Fsp3) is 0.615. The number of ether oxygens (including phenoxy) is 1. The van der Waals surface area contributed by atoms with E-state index in [-0.39, 0.29) is 12.8 Å². The summed E-state index contributed by atoms with van der Waals surface area (Å²) >= 11 is -1.63. The van der Waals surface area contributed by atoms with Gasteiger partial charge in [-0.05, 0) is 0 Å². The van der Waals surface area contributed by atoms with E-state index in [2.05, 4.69) is 4.98 Å². The molecule has 0 aliphatic heterocycles. The third-order valence-corrected chi connectivity index (χ3v) is 6.22. The number of rotatable bonds is 3. The molecular weight excluding hydrogens is 389 g/mol. The van der Waals surface area contributed by atoms with Crippen molar-refractivity contribution in [2.24, 2.45) is 0 Å². The molecule has 5 nitrogen and oxygen atoms in total. The second-order valence-electron chi connectivity index (χ2n) is 6.59. The minimum absolute atomic E-state index is 0.0918. The third kappa shape index (κ3) is 5.05. The Morgan fingerprint density at radius 3 is 2.05 bits per heavy atom. The van der Waals surface area contributed by atoms with Gasteiger partial charge in [-0.25, -0.2) is 0 Å². The number of aromatic nitrogens is 1. The Bertz CT molecular complexity index is 566. The van der Waals surface area contributed by atoms with E-state index in [0.29, 0.717) is 0 Å². The Morgan fingerprint density at radius 2 is 1.67 bits per heavy atom. The Balaban J connectivity index is 3.60. The van der Waals surface area contributed by atoms with E-state index >= 15 is 0 Å². The van der Waals surface area contributed by atoms with Crippen molar-refractivity contribution < 1.29 is 18.4 Å². The maximum atomic E-state index is 14.0. The second kappa shape index (κ2) is 6.02. The molecule has 0 amide bonds. The van der Waals surface area contributed by atoms with Crippen LogP contribution in [0.1, 0.15) is 41.5 Å². The average molecular weight is 407 g/mol. The van der Waals surface area contributed by atoms with Crippen molar-refractivity contribution >= 4 is 30.4 Å². The molecule has 0 N–H and O–H groups in total. The number of nitrogens with zero attached hydrogens (tertiary/aromatic N) is 2. The monoisotopic (exact) mass is 408 g/mol. The maximum absolute atomic E-state index is 14.0. The number of pyridine rings is 1. The van der Waals surface area contributed by atoms with E-state index in [4.69, 9.17) is 4.74 Å². The van der Waals surface area contributed by atoms with Crippen LogP contribution in [0.15, 0.2) is 0 Å². The van der Waals surface area contributed by atoms with Crippen LogP contribution >= 0.6 is 0 Å². The molecule has 0 saturated carbocycles. The van der Waals surface area contributed by atoms with Gasteiger partial charge >= 0.3 is 132 Å². The van der Waals surface area contributed by atoms with E-state index in [1.165, 1.54) is 0 Å². The van der Waals surface area contributed by atoms with Crippen LogP contribution in [-0.4, -0.2) is 36.7 Å². The summed E-state index contributed by atoms with van der Waals surface area (Å²) in [6.07, 6.45) is 0. The molecule has 0 spiro atoms. The van der Waals surface area contributed by atoms with Gasteiger partial charge in [-0.1, -0.05) is 0 Å². The van der Waals surface area contributed by atoms with Crippen LogP contribution in [0.25, 0.3) is 0 Å². The predicted octanol–water partition coefficient (Wildman–Crippen LogP) is 2.99. The summed E-state index contributed by atoms with van der Waals surface area (Å²) in [5, 5.41) is 11.1. The molecule has 0 aliphatic carbocycles. The molecule has 8 heteroatoms. The van der Waals surface area contributed by atoms with Crippen molar-refractivity contribution in [2.45, 2.75) is 50.6 Å². The van der Waals surface area contributed by atoms with Crippen LogP contribution in [0.5, 0.6) is 5.75 Å². The van der Waals surface area contributed by atoms with Crippen LogP contribution in [0.2, 0.25) is 3.43 Å². The minimum atomic E-state index is -1.63. The second-order valence-corrected chi connectivity index (χ2v) is 13.0. The molecule has 0 aliphatic rings. The van der Waals surface area contributed by atoms with Crippen LogP contribution in [0, 0.1) is 22.0 Å². The van der Waals surface area contributed by atoms with Gasteiger partial charge in [0.15, 0.2) is 0 Å². The summed E-state index contributed by atoms with van der Waals surface area (Å²) in [6.45, 7) is 10.7. The summed E-state index contributed by atoms with van der Waals surface area (Å²) in [7, 11) is 0. The first-order valence-electron chi connectivity index (χ1n) is 6.32. The van der Waals surface area contributed by atoms with Crippen molar-refractivity contribution in [3.63, 3.8) is 0 Å². The molecular formula is C13H18F2N2O3Sn. The molecule has 116 valence electrons. The van der Waals surface area contributed by atoms with E-state index in [1.54, 1.807) is 20.8 Å². The normalized spacial score (nSPS) is 12.4. The van der Waals surface area contributed by atoms with E-state index < -0.39 is 49.2 Å². The van der Waals surface area contributed by atoms with Crippen LogP contribution < -0.4 is 8.32 Å².